The minimum Gasteiger partial charge on any atom is -0.424 e. The molecule has 1 saturated heterocycles. The van der Waals surface area contributed by atoms with Gasteiger partial charge in [0.15, 0.2) is 0 Å². The molecule has 5 heteroatoms. The highest BCUT2D eigenvalue weighted by Crippen LogP contribution is 2.22. The molecule has 0 saturated carbocycles. The molecule has 0 spiro atoms. The lowest BCUT2D eigenvalue weighted by molar-refractivity contribution is 0.190. The molecular weight excluding hydrogens is 264 g/mol. The molecule has 3 rings (SSSR count). The van der Waals surface area contributed by atoms with Gasteiger partial charge in [0.25, 0.3) is 0 Å². The number of piperidine rings is 1. The first-order chi connectivity index (χ1) is 10.2. The Morgan fingerprint density at radius 3 is 2.81 bits per heavy atom. The molecule has 112 valence electrons. The van der Waals surface area contributed by atoms with E-state index in [1.807, 2.05) is 6.92 Å². The van der Waals surface area contributed by atoms with Crippen LogP contribution in [0.1, 0.15) is 24.6 Å². The van der Waals surface area contributed by atoms with Crippen LogP contribution >= 0.6 is 0 Å². The molecule has 1 aromatic carbocycles. The quantitative estimate of drug-likeness (QED) is 0.864. The average molecular weight is 286 g/mol. The zero-order chi connectivity index (χ0) is 14.7. The van der Waals surface area contributed by atoms with E-state index >= 15 is 0 Å². The van der Waals surface area contributed by atoms with Crippen LogP contribution in [0.15, 0.2) is 34.7 Å². The number of aromatic nitrogens is 2. The molecule has 21 heavy (non-hydrogen) atoms. The molecule has 2 heterocycles. The number of anilines is 1. The molecule has 5 nitrogen and oxygen atoms in total. The Labute approximate surface area is 125 Å². The van der Waals surface area contributed by atoms with Crippen molar-refractivity contribution in [3.05, 3.63) is 42.1 Å². The van der Waals surface area contributed by atoms with Gasteiger partial charge in [0.1, 0.15) is 0 Å². The van der Waals surface area contributed by atoms with Gasteiger partial charge in [-0.05, 0) is 32.0 Å². The third kappa shape index (κ3) is 3.42. The molecule has 1 atom stereocenters. The highest BCUT2D eigenvalue weighted by molar-refractivity contribution is 5.46. The molecule has 2 aromatic rings. The number of benzene rings is 1. The van der Waals surface area contributed by atoms with E-state index in [2.05, 4.69) is 57.4 Å². The highest BCUT2D eigenvalue weighted by Gasteiger charge is 2.24. The lowest BCUT2D eigenvalue weighted by atomic mass is 10.0. The van der Waals surface area contributed by atoms with Crippen molar-refractivity contribution in [2.75, 3.05) is 25.0 Å². The van der Waals surface area contributed by atoms with Crippen molar-refractivity contribution in [3.63, 3.8) is 0 Å². The van der Waals surface area contributed by atoms with Crippen LogP contribution in [0.2, 0.25) is 0 Å². The largest absolute Gasteiger partial charge is 0.424 e. The lowest BCUT2D eigenvalue weighted by Gasteiger charge is -2.38. The Morgan fingerprint density at radius 1 is 1.29 bits per heavy atom. The summed E-state index contributed by atoms with van der Waals surface area (Å²) in [5, 5.41) is 7.98. The van der Waals surface area contributed by atoms with Crippen molar-refractivity contribution >= 4 is 5.69 Å². The Kier molecular flexibility index (Phi) is 4.20. The van der Waals surface area contributed by atoms with Crippen molar-refractivity contribution in [1.29, 1.82) is 0 Å². The number of nitrogens with zero attached hydrogens (tertiary/aromatic N) is 4. The third-order valence-electron chi connectivity index (χ3n) is 4.09. The minimum absolute atomic E-state index is 0.520. The van der Waals surface area contributed by atoms with Crippen molar-refractivity contribution < 1.29 is 4.42 Å². The van der Waals surface area contributed by atoms with Gasteiger partial charge in [0, 0.05) is 31.7 Å². The first-order valence-corrected chi connectivity index (χ1v) is 7.51. The molecule has 0 N–H and O–H groups in total. The Hall–Kier alpha value is -1.88. The SMILES string of the molecule is Cc1nnc(CN(C)[C@H]2CCCN(c3ccccc3)C2)o1. The molecule has 0 unspecified atom stereocenters. The van der Waals surface area contributed by atoms with Crippen molar-refractivity contribution in [2.45, 2.75) is 32.4 Å². The van der Waals surface area contributed by atoms with Gasteiger partial charge in [0.2, 0.25) is 11.8 Å². The van der Waals surface area contributed by atoms with E-state index in [1.165, 1.54) is 18.5 Å². The predicted molar refractivity (Wildman–Crippen MR) is 82.2 cm³/mol. The smallest absolute Gasteiger partial charge is 0.230 e. The molecule has 1 aliphatic rings. The van der Waals surface area contributed by atoms with Gasteiger partial charge in [-0.25, -0.2) is 0 Å². The summed E-state index contributed by atoms with van der Waals surface area (Å²) in [6, 6.07) is 11.2. The predicted octanol–water partition coefficient (Wildman–Crippen LogP) is 2.48. The Balaban J connectivity index is 1.62. The van der Waals surface area contributed by atoms with Gasteiger partial charge >= 0.3 is 0 Å². The van der Waals surface area contributed by atoms with Crippen LogP contribution in [0.4, 0.5) is 5.69 Å². The molecule has 0 aliphatic carbocycles. The van der Waals surface area contributed by atoms with Crippen molar-refractivity contribution in [1.82, 2.24) is 15.1 Å². The zero-order valence-electron chi connectivity index (χ0n) is 12.7. The summed E-state index contributed by atoms with van der Waals surface area (Å²) in [6.07, 6.45) is 2.43. The second kappa shape index (κ2) is 6.26. The number of hydrogen-bond acceptors (Lipinski definition) is 5. The summed E-state index contributed by atoms with van der Waals surface area (Å²) < 4.78 is 5.48. The van der Waals surface area contributed by atoms with Gasteiger partial charge in [-0.2, -0.15) is 0 Å². The van der Waals surface area contributed by atoms with E-state index in [9.17, 15) is 0 Å². The van der Waals surface area contributed by atoms with Crippen LogP contribution in [0, 0.1) is 6.92 Å². The number of hydrogen-bond donors (Lipinski definition) is 0. The maximum atomic E-state index is 5.48. The molecule has 1 aromatic heterocycles. The molecule has 0 radical (unpaired) electrons. The van der Waals surface area contributed by atoms with Crippen molar-refractivity contribution in [3.8, 4) is 0 Å². The highest BCUT2D eigenvalue weighted by atomic mass is 16.4. The zero-order valence-corrected chi connectivity index (χ0v) is 12.7. The molecular formula is C16H22N4O. The summed E-state index contributed by atoms with van der Waals surface area (Å²) in [7, 11) is 2.14. The summed E-state index contributed by atoms with van der Waals surface area (Å²) in [4.78, 5) is 4.78. The monoisotopic (exact) mass is 286 g/mol. The second-order valence-corrected chi connectivity index (χ2v) is 5.71. The lowest BCUT2D eigenvalue weighted by Crippen LogP contribution is -2.46. The van der Waals surface area contributed by atoms with Crippen LogP contribution in [-0.4, -0.2) is 41.3 Å². The maximum Gasteiger partial charge on any atom is 0.230 e. The first kappa shape index (κ1) is 14.1. The normalized spacial score (nSPS) is 19.2. The number of para-hydroxylation sites is 1. The third-order valence-corrected chi connectivity index (χ3v) is 4.09. The Morgan fingerprint density at radius 2 is 2.10 bits per heavy atom. The fourth-order valence-electron chi connectivity index (χ4n) is 2.93. The number of aryl methyl sites for hydroxylation is 1. The molecule has 0 amide bonds. The maximum absolute atomic E-state index is 5.48. The standard InChI is InChI=1S/C16H22N4O/c1-13-17-18-16(21-13)12-19(2)15-9-6-10-20(11-15)14-7-4-3-5-8-14/h3-5,7-8,15H,6,9-12H2,1-2H3/t15-/m0/s1. The summed E-state index contributed by atoms with van der Waals surface area (Å²) in [6.45, 7) is 4.73. The minimum atomic E-state index is 0.520. The van der Waals surface area contributed by atoms with E-state index in [4.69, 9.17) is 4.42 Å². The topological polar surface area (TPSA) is 45.4 Å². The molecule has 0 bridgehead atoms. The van der Waals surface area contributed by atoms with Gasteiger partial charge in [-0.3, -0.25) is 4.90 Å². The van der Waals surface area contributed by atoms with E-state index < -0.39 is 0 Å². The fourth-order valence-corrected chi connectivity index (χ4v) is 2.93. The van der Waals surface area contributed by atoms with E-state index in [0.29, 0.717) is 24.4 Å². The van der Waals surface area contributed by atoms with Crippen molar-refractivity contribution in [2.24, 2.45) is 0 Å². The fraction of sp³-hybridized carbons (Fsp3) is 0.500. The van der Waals surface area contributed by atoms with Gasteiger partial charge in [-0.1, -0.05) is 18.2 Å². The average Bonchev–Trinajstić information content (AvgIpc) is 2.93. The molecule has 1 aliphatic heterocycles. The van der Waals surface area contributed by atoms with E-state index in [0.717, 1.165) is 13.1 Å². The van der Waals surface area contributed by atoms with Gasteiger partial charge in [-0.15, -0.1) is 10.2 Å². The molecule has 1 fully saturated rings. The van der Waals surface area contributed by atoms with Crippen LogP contribution in [-0.2, 0) is 6.54 Å². The van der Waals surface area contributed by atoms with Crippen LogP contribution in [0.25, 0.3) is 0 Å². The van der Waals surface area contributed by atoms with E-state index in [-0.39, 0.29) is 0 Å². The van der Waals surface area contributed by atoms with Crippen LogP contribution in [0.5, 0.6) is 0 Å². The summed E-state index contributed by atoms with van der Waals surface area (Å²) >= 11 is 0. The van der Waals surface area contributed by atoms with E-state index in [1.54, 1.807) is 0 Å². The van der Waals surface area contributed by atoms with Crippen LogP contribution < -0.4 is 4.90 Å². The first-order valence-electron chi connectivity index (χ1n) is 7.51. The Bertz CT molecular complexity index is 569. The number of likely N-dealkylation sites (N-methyl/N-ethyl adjacent to an activating group) is 1. The summed E-state index contributed by atoms with van der Waals surface area (Å²) in [5.41, 5.74) is 1.31. The van der Waals surface area contributed by atoms with Gasteiger partial charge in [0.05, 0.1) is 6.54 Å². The number of rotatable bonds is 4. The second-order valence-electron chi connectivity index (χ2n) is 5.71. The summed E-state index contributed by atoms with van der Waals surface area (Å²) in [5.74, 6) is 1.33. The van der Waals surface area contributed by atoms with Gasteiger partial charge < -0.3 is 9.32 Å². The van der Waals surface area contributed by atoms with Crippen LogP contribution in [0.3, 0.4) is 0 Å².